The lowest BCUT2D eigenvalue weighted by Crippen LogP contribution is -2.57. The molecule has 4 heteroatoms. The summed E-state index contributed by atoms with van der Waals surface area (Å²) in [5.74, 6) is 0. The second-order valence-electron chi connectivity index (χ2n) is 6.72. The van der Waals surface area contributed by atoms with Gasteiger partial charge in [-0.05, 0) is 33.6 Å². The summed E-state index contributed by atoms with van der Waals surface area (Å²) in [6, 6.07) is 0. The Balaban J connectivity index is 5.12. The predicted molar refractivity (Wildman–Crippen MR) is 78.8 cm³/mol. The van der Waals surface area contributed by atoms with E-state index in [9.17, 15) is 0 Å². The fraction of sp³-hybridized carbons (Fsp3) is 1.00. The molecule has 0 unspecified atom stereocenters. The predicted octanol–water partition coefficient (Wildman–Crippen LogP) is 4.39. The highest BCUT2D eigenvalue weighted by molar-refractivity contribution is 6.64. The molecule has 0 spiro atoms. The molecule has 0 atom stereocenters. The molecule has 0 amide bonds. The molecule has 0 aliphatic heterocycles. The van der Waals surface area contributed by atoms with E-state index in [2.05, 4.69) is 55.4 Å². The zero-order valence-electron chi connectivity index (χ0n) is 13.6. The quantitative estimate of drug-likeness (QED) is 0.645. The smallest absolute Gasteiger partial charge is 0.373 e. The summed E-state index contributed by atoms with van der Waals surface area (Å²) >= 11 is 0. The summed E-state index contributed by atoms with van der Waals surface area (Å²) in [5.41, 5.74) is -0.249. The Morgan fingerprint density at radius 3 is 1.39 bits per heavy atom. The zero-order chi connectivity index (χ0) is 14.4. The molecule has 0 N–H and O–H groups in total. The van der Waals surface area contributed by atoms with Crippen LogP contribution in [0.5, 0.6) is 0 Å². The van der Waals surface area contributed by atoms with Gasteiger partial charge in [0.15, 0.2) is 0 Å². The van der Waals surface area contributed by atoms with Gasteiger partial charge in [-0.1, -0.05) is 34.6 Å². The van der Waals surface area contributed by atoms with Crippen molar-refractivity contribution in [1.29, 1.82) is 0 Å². The van der Waals surface area contributed by atoms with Crippen LogP contribution in [0, 0.1) is 0 Å². The van der Waals surface area contributed by atoms with Crippen LogP contribution in [0.25, 0.3) is 0 Å². The lowest BCUT2D eigenvalue weighted by molar-refractivity contribution is -0.0194. The maximum Gasteiger partial charge on any atom is 0.507 e. The first-order chi connectivity index (χ1) is 8.08. The first-order valence-electron chi connectivity index (χ1n) is 7.06. The van der Waals surface area contributed by atoms with Gasteiger partial charge in [-0.3, -0.25) is 0 Å². The van der Waals surface area contributed by atoms with Crippen molar-refractivity contribution in [3.8, 4) is 0 Å². The second kappa shape index (κ2) is 7.03. The van der Waals surface area contributed by atoms with Gasteiger partial charge in [-0.2, -0.15) is 0 Å². The molecule has 0 aliphatic rings. The highest BCUT2D eigenvalue weighted by Crippen LogP contribution is 2.41. The van der Waals surface area contributed by atoms with Gasteiger partial charge in [0.2, 0.25) is 0 Å². The minimum absolute atomic E-state index is 0.107. The Hall–Kier alpha value is 0.0969. The van der Waals surface area contributed by atoms with Crippen molar-refractivity contribution >= 4 is 8.80 Å². The van der Waals surface area contributed by atoms with Crippen LogP contribution >= 0.6 is 0 Å². The van der Waals surface area contributed by atoms with E-state index in [0.717, 1.165) is 12.8 Å². The van der Waals surface area contributed by atoms with Gasteiger partial charge in [-0.15, -0.1) is 0 Å². The molecule has 0 radical (unpaired) electrons. The fourth-order valence-electron chi connectivity index (χ4n) is 1.56. The molecule has 0 aromatic heterocycles. The largest absolute Gasteiger partial charge is 0.507 e. The third-order valence-electron chi connectivity index (χ3n) is 2.35. The minimum Gasteiger partial charge on any atom is -0.373 e. The third kappa shape index (κ3) is 5.82. The molecular weight excluding hydrogens is 244 g/mol. The van der Waals surface area contributed by atoms with E-state index in [1.807, 2.05) is 0 Å². The minimum atomic E-state index is -2.67. The van der Waals surface area contributed by atoms with Gasteiger partial charge in [0.05, 0.1) is 5.60 Å². The molecule has 0 heterocycles. The van der Waals surface area contributed by atoms with Crippen molar-refractivity contribution < 1.29 is 13.3 Å². The fourth-order valence-corrected chi connectivity index (χ4v) is 4.69. The summed E-state index contributed by atoms with van der Waals surface area (Å²) < 4.78 is 18.5. The molecule has 0 aliphatic carbocycles. The van der Waals surface area contributed by atoms with E-state index < -0.39 is 8.80 Å². The highest BCUT2D eigenvalue weighted by Gasteiger charge is 2.55. The number of hydrogen-bond donors (Lipinski definition) is 0. The van der Waals surface area contributed by atoms with Crippen LogP contribution in [0.3, 0.4) is 0 Å². The van der Waals surface area contributed by atoms with Crippen molar-refractivity contribution in [2.75, 3.05) is 13.2 Å². The molecule has 110 valence electrons. The van der Waals surface area contributed by atoms with E-state index in [1.54, 1.807) is 0 Å². The SMILES string of the molecule is CCCO[Si](OCCC)(OC(C)(C)C)C(C)(C)C. The van der Waals surface area contributed by atoms with Crippen molar-refractivity contribution in [3.63, 3.8) is 0 Å². The van der Waals surface area contributed by atoms with Crippen LogP contribution in [0.4, 0.5) is 0 Å². The van der Waals surface area contributed by atoms with Gasteiger partial charge in [0.1, 0.15) is 0 Å². The molecular formula is C14H32O3Si. The first kappa shape index (κ1) is 18.1. The van der Waals surface area contributed by atoms with Crippen molar-refractivity contribution in [1.82, 2.24) is 0 Å². The lowest BCUT2D eigenvalue weighted by Gasteiger charge is -2.43. The van der Waals surface area contributed by atoms with E-state index in [4.69, 9.17) is 13.3 Å². The van der Waals surface area contributed by atoms with Crippen LogP contribution in [-0.4, -0.2) is 27.6 Å². The molecule has 0 saturated carbocycles. The Bertz CT molecular complexity index is 220. The third-order valence-corrected chi connectivity index (χ3v) is 6.24. The Labute approximate surface area is 115 Å². The van der Waals surface area contributed by atoms with Crippen LogP contribution < -0.4 is 0 Å². The molecule has 3 nitrogen and oxygen atoms in total. The average molecular weight is 276 g/mol. The standard InChI is InChI=1S/C14H32O3Si/c1-9-11-15-18(14(6,7)8,16-12-10-2)17-13(3,4)5/h9-12H2,1-8H3. The van der Waals surface area contributed by atoms with Gasteiger partial charge < -0.3 is 13.3 Å². The van der Waals surface area contributed by atoms with Crippen molar-refractivity contribution in [3.05, 3.63) is 0 Å². The topological polar surface area (TPSA) is 27.7 Å². The Kier molecular flexibility index (Phi) is 7.07. The maximum atomic E-state index is 6.29. The average Bonchev–Trinajstić information content (AvgIpc) is 2.18. The Morgan fingerprint density at radius 2 is 1.17 bits per heavy atom. The molecule has 0 aromatic rings. The summed E-state index contributed by atoms with van der Waals surface area (Å²) in [6.07, 6.45) is 1.96. The summed E-state index contributed by atoms with van der Waals surface area (Å²) in [5, 5.41) is -0.107. The summed E-state index contributed by atoms with van der Waals surface area (Å²) in [4.78, 5) is 0. The Morgan fingerprint density at radius 1 is 0.778 bits per heavy atom. The molecule has 0 saturated heterocycles. The van der Waals surface area contributed by atoms with E-state index in [1.165, 1.54) is 0 Å². The van der Waals surface area contributed by atoms with E-state index >= 15 is 0 Å². The monoisotopic (exact) mass is 276 g/mol. The second-order valence-corrected chi connectivity index (χ2v) is 10.1. The number of rotatable bonds is 7. The van der Waals surface area contributed by atoms with Crippen LogP contribution in [0.2, 0.25) is 5.04 Å². The normalized spacial score (nSPS) is 14.0. The van der Waals surface area contributed by atoms with Gasteiger partial charge >= 0.3 is 8.80 Å². The van der Waals surface area contributed by atoms with Crippen LogP contribution in [0.15, 0.2) is 0 Å². The molecule has 18 heavy (non-hydrogen) atoms. The first-order valence-corrected chi connectivity index (χ1v) is 8.78. The maximum absolute atomic E-state index is 6.29. The summed E-state index contributed by atoms with van der Waals surface area (Å²) in [7, 11) is -2.67. The molecule has 0 aromatic carbocycles. The van der Waals surface area contributed by atoms with E-state index in [0.29, 0.717) is 13.2 Å². The van der Waals surface area contributed by atoms with Crippen LogP contribution in [-0.2, 0) is 13.3 Å². The van der Waals surface area contributed by atoms with Gasteiger partial charge in [0.25, 0.3) is 0 Å². The van der Waals surface area contributed by atoms with Crippen molar-refractivity contribution in [2.45, 2.75) is 78.9 Å². The molecule has 0 rings (SSSR count). The van der Waals surface area contributed by atoms with Gasteiger partial charge in [0, 0.05) is 18.3 Å². The van der Waals surface area contributed by atoms with Crippen LogP contribution in [0.1, 0.15) is 68.2 Å². The van der Waals surface area contributed by atoms with Gasteiger partial charge in [-0.25, -0.2) is 0 Å². The zero-order valence-corrected chi connectivity index (χ0v) is 14.6. The molecule has 0 bridgehead atoms. The lowest BCUT2D eigenvalue weighted by atomic mass is 10.2. The number of hydrogen-bond acceptors (Lipinski definition) is 3. The van der Waals surface area contributed by atoms with E-state index in [-0.39, 0.29) is 10.6 Å². The molecule has 0 fully saturated rings. The van der Waals surface area contributed by atoms with Crippen molar-refractivity contribution in [2.24, 2.45) is 0 Å². The summed E-state index contributed by atoms with van der Waals surface area (Å²) in [6.45, 7) is 18.2. The highest BCUT2D eigenvalue weighted by atomic mass is 28.4.